The maximum atomic E-state index is 12.7. The smallest absolute Gasteiger partial charge is 0.255 e. The molecule has 0 unspecified atom stereocenters. The van der Waals surface area contributed by atoms with E-state index in [1.165, 1.54) is 0 Å². The Morgan fingerprint density at radius 3 is 2.06 bits per heavy atom. The summed E-state index contributed by atoms with van der Waals surface area (Å²) in [5.41, 5.74) is 5.30. The number of nitrogens with zero attached hydrogens (tertiary/aromatic N) is 1. The lowest BCUT2D eigenvalue weighted by Gasteiger charge is -2.14. The van der Waals surface area contributed by atoms with E-state index in [9.17, 15) is 4.79 Å². The van der Waals surface area contributed by atoms with Gasteiger partial charge in [0.1, 0.15) is 5.75 Å². The molecule has 5 rings (SSSR count). The molecule has 2 N–H and O–H groups in total. The van der Waals surface area contributed by atoms with Crippen molar-refractivity contribution < 1.29 is 9.53 Å². The van der Waals surface area contributed by atoms with Crippen molar-refractivity contribution in [2.75, 3.05) is 17.7 Å². The predicted molar refractivity (Wildman–Crippen MR) is 134 cm³/mol. The Hall–Kier alpha value is -4.38. The summed E-state index contributed by atoms with van der Waals surface area (Å²) in [5.74, 6) is 0.452. The van der Waals surface area contributed by atoms with Crippen molar-refractivity contribution in [1.29, 1.82) is 0 Å². The molecule has 5 heteroatoms. The molecule has 33 heavy (non-hydrogen) atoms. The summed E-state index contributed by atoms with van der Waals surface area (Å²) < 4.78 is 5.31. The first kappa shape index (κ1) is 20.5. The maximum absolute atomic E-state index is 12.7. The van der Waals surface area contributed by atoms with E-state index in [1.807, 2.05) is 84.9 Å². The highest BCUT2D eigenvalue weighted by Crippen LogP contribution is 2.31. The fourth-order valence-corrected chi connectivity index (χ4v) is 3.94. The summed E-state index contributed by atoms with van der Waals surface area (Å²) >= 11 is 0. The van der Waals surface area contributed by atoms with Gasteiger partial charge in [0.25, 0.3) is 5.91 Å². The Morgan fingerprint density at radius 1 is 0.788 bits per heavy atom. The van der Waals surface area contributed by atoms with Crippen LogP contribution in [-0.4, -0.2) is 18.0 Å². The summed E-state index contributed by atoms with van der Waals surface area (Å²) in [6.07, 6.45) is 0. The number of amides is 1. The molecular weight excluding hydrogens is 410 g/mol. The number of benzene rings is 4. The van der Waals surface area contributed by atoms with E-state index in [-0.39, 0.29) is 5.91 Å². The van der Waals surface area contributed by atoms with E-state index < -0.39 is 0 Å². The third-order valence-electron chi connectivity index (χ3n) is 5.63. The van der Waals surface area contributed by atoms with Gasteiger partial charge in [0, 0.05) is 22.9 Å². The van der Waals surface area contributed by atoms with Crippen LogP contribution in [0, 0.1) is 0 Å². The summed E-state index contributed by atoms with van der Waals surface area (Å²) in [6, 6.07) is 31.3. The maximum Gasteiger partial charge on any atom is 0.255 e. The fraction of sp³-hybridized carbons (Fsp3) is 0.0714. The van der Waals surface area contributed by atoms with E-state index >= 15 is 0 Å². The molecule has 0 bridgehead atoms. The lowest BCUT2D eigenvalue weighted by Crippen LogP contribution is -2.12. The van der Waals surface area contributed by atoms with Gasteiger partial charge in [-0.3, -0.25) is 4.79 Å². The first-order valence-corrected chi connectivity index (χ1v) is 10.8. The van der Waals surface area contributed by atoms with Crippen molar-refractivity contribution in [3.63, 3.8) is 0 Å². The van der Waals surface area contributed by atoms with Gasteiger partial charge in [-0.25, -0.2) is 4.98 Å². The van der Waals surface area contributed by atoms with Crippen LogP contribution in [0.4, 0.5) is 11.4 Å². The molecule has 4 aromatic carbocycles. The van der Waals surface area contributed by atoms with Crippen LogP contribution in [0.3, 0.4) is 0 Å². The highest BCUT2D eigenvalue weighted by molar-refractivity contribution is 6.07. The van der Waals surface area contributed by atoms with Crippen LogP contribution in [0.15, 0.2) is 97.1 Å². The number of anilines is 2. The molecule has 0 radical (unpaired) electrons. The summed E-state index contributed by atoms with van der Waals surface area (Å²) in [7, 11) is 1.59. The number of aromatic nitrogens is 1. The minimum Gasteiger partial charge on any atom is -0.495 e. The molecule has 5 nitrogen and oxygen atoms in total. The predicted octanol–water partition coefficient (Wildman–Crippen LogP) is 6.26. The third-order valence-corrected chi connectivity index (χ3v) is 5.63. The van der Waals surface area contributed by atoms with Crippen molar-refractivity contribution in [2.45, 2.75) is 6.54 Å². The molecule has 0 atom stereocenters. The first-order valence-electron chi connectivity index (χ1n) is 10.8. The molecule has 0 aliphatic carbocycles. The SMILES string of the molecule is COc1ccccc1NC(=O)c1ccc(CNc2c3ccccc3nc3ccccc23)cc1. The molecule has 0 saturated carbocycles. The van der Waals surface area contributed by atoms with Gasteiger partial charge in [-0.15, -0.1) is 0 Å². The van der Waals surface area contributed by atoms with Gasteiger partial charge in [-0.1, -0.05) is 60.7 Å². The Kier molecular flexibility index (Phi) is 5.60. The quantitative estimate of drug-likeness (QED) is 0.310. The van der Waals surface area contributed by atoms with Crippen molar-refractivity contribution in [3.05, 3.63) is 108 Å². The van der Waals surface area contributed by atoms with Gasteiger partial charge < -0.3 is 15.4 Å². The molecule has 1 amide bonds. The molecule has 162 valence electrons. The van der Waals surface area contributed by atoms with Gasteiger partial charge in [0.2, 0.25) is 0 Å². The molecule has 1 aromatic heterocycles. The summed E-state index contributed by atoms with van der Waals surface area (Å²) in [4.78, 5) is 17.5. The van der Waals surface area contributed by atoms with Gasteiger partial charge >= 0.3 is 0 Å². The Morgan fingerprint density at radius 2 is 1.39 bits per heavy atom. The topological polar surface area (TPSA) is 63.2 Å². The largest absolute Gasteiger partial charge is 0.495 e. The van der Waals surface area contributed by atoms with Gasteiger partial charge in [-0.2, -0.15) is 0 Å². The molecular formula is C28H23N3O2. The van der Waals surface area contributed by atoms with Gasteiger partial charge in [0.15, 0.2) is 0 Å². The summed E-state index contributed by atoms with van der Waals surface area (Å²) in [6.45, 7) is 0.631. The first-order chi connectivity index (χ1) is 16.2. The van der Waals surface area contributed by atoms with Crippen LogP contribution in [0.25, 0.3) is 21.8 Å². The second-order valence-corrected chi connectivity index (χ2v) is 7.73. The number of ether oxygens (including phenoxy) is 1. The van der Waals surface area contributed by atoms with Crippen molar-refractivity contribution in [2.24, 2.45) is 0 Å². The molecule has 5 aromatic rings. The molecule has 0 fully saturated rings. The van der Waals surface area contributed by atoms with Crippen LogP contribution in [0.5, 0.6) is 5.75 Å². The highest BCUT2D eigenvalue weighted by Gasteiger charge is 2.11. The molecule has 0 aliphatic rings. The third kappa shape index (κ3) is 4.21. The molecule has 0 aliphatic heterocycles. The van der Waals surface area contributed by atoms with E-state index in [0.29, 0.717) is 23.5 Å². The lowest BCUT2D eigenvalue weighted by atomic mass is 10.1. The normalized spacial score (nSPS) is 10.8. The number of hydrogen-bond acceptors (Lipinski definition) is 4. The monoisotopic (exact) mass is 433 g/mol. The fourth-order valence-electron chi connectivity index (χ4n) is 3.94. The standard InChI is InChI=1S/C28H23N3O2/c1-33-26-13-7-6-12-25(26)31-28(32)20-16-14-19(15-17-20)18-29-27-21-8-2-4-10-23(21)30-24-11-5-3-9-22(24)27/h2-17H,18H2,1H3,(H,29,30)(H,31,32). The number of carbonyl (C=O) groups is 1. The number of methoxy groups -OCH3 is 1. The minimum atomic E-state index is -0.176. The van der Waals surface area contributed by atoms with E-state index in [2.05, 4.69) is 22.8 Å². The molecule has 0 saturated heterocycles. The summed E-state index contributed by atoms with van der Waals surface area (Å²) in [5, 5.41) is 8.68. The number of hydrogen-bond donors (Lipinski definition) is 2. The van der Waals surface area contributed by atoms with Crippen LogP contribution in [-0.2, 0) is 6.54 Å². The zero-order valence-electron chi connectivity index (χ0n) is 18.2. The number of pyridine rings is 1. The Bertz CT molecular complexity index is 1390. The van der Waals surface area contributed by atoms with E-state index in [4.69, 9.17) is 9.72 Å². The van der Waals surface area contributed by atoms with Crippen LogP contribution < -0.4 is 15.4 Å². The Labute approximate surface area is 192 Å². The number of fused-ring (bicyclic) bond motifs is 2. The van der Waals surface area contributed by atoms with E-state index in [0.717, 1.165) is 33.1 Å². The Balaban J connectivity index is 1.35. The number of para-hydroxylation sites is 4. The van der Waals surface area contributed by atoms with Gasteiger partial charge in [-0.05, 0) is 42.0 Å². The van der Waals surface area contributed by atoms with Gasteiger partial charge in [0.05, 0.1) is 29.5 Å². The lowest BCUT2D eigenvalue weighted by molar-refractivity contribution is 0.102. The molecule has 0 spiro atoms. The van der Waals surface area contributed by atoms with Crippen LogP contribution in [0.2, 0.25) is 0 Å². The number of rotatable bonds is 6. The average molecular weight is 434 g/mol. The van der Waals surface area contributed by atoms with Crippen LogP contribution >= 0.6 is 0 Å². The number of carbonyl (C=O) groups excluding carboxylic acids is 1. The van der Waals surface area contributed by atoms with Crippen LogP contribution in [0.1, 0.15) is 15.9 Å². The second kappa shape index (κ2) is 9.01. The zero-order chi connectivity index (χ0) is 22.6. The van der Waals surface area contributed by atoms with Crippen molar-refractivity contribution >= 4 is 39.1 Å². The highest BCUT2D eigenvalue weighted by atomic mass is 16.5. The number of nitrogens with one attached hydrogen (secondary N) is 2. The van der Waals surface area contributed by atoms with Crippen molar-refractivity contribution in [1.82, 2.24) is 4.98 Å². The zero-order valence-corrected chi connectivity index (χ0v) is 18.2. The average Bonchev–Trinajstić information content (AvgIpc) is 2.87. The van der Waals surface area contributed by atoms with Crippen molar-refractivity contribution in [3.8, 4) is 5.75 Å². The molecule has 1 heterocycles. The minimum absolute atomic E-state index is 0.176. The van der Waals surface area contributed by atoms with E-state index in [1.54, 1.807) is 7.11 Å². The second-order valence-electron chi connectivity index (χ2n) is 7.73.